The van der Waals surface area contributed by atoms with Crippen LogP contribution in [0.4, 0.5) is 5.69 Å². The summed E-state index contributed by atoms with van der Waals surface area (Å²) < 4.78 is 0. The molecule has 0 saturated heterocycles. The van der Waals surface area contributed by atoms with E-state index in [9.17, 15) is 4.79 Å². The second kappa shape index (κ2) is 4.57. The zero-order chi connectivity index (χ0) is 11.5. The fourth-order valence-corrected chi connectivity index (χ4v) is 2.30. The molecular weight excluding hydrogens is 222 g/mol. The lowest BCUT2D eigenvalue weighted by Crippen LogP contribution is -2.11. The van der Waals surface area contributed by atoms with Gasteiger partial charge in [0, 0.05) is 17.0 Å². The van der Waals surface area contributed by atoms with E-state index in [-0.39, 0.29) is 0 Å². The van der Waals surface area contributed by atoms with Crippen LogP contribution < -0.4 is 11.1 Å². The molecule has 1 aliphatic heterocycles. The van der Waals surface area contributed by atoms with Gasteiger partial charge in [-0.25, -0.2) is 0 Å². The fraction of sp³-hybridized carbons (Fsp3) is 0.273. The Morgan fingerprint density at radius 2 is 2.19 bits per heavy atom. The van der Waals surface area contributed by atoms with Crippen LogP contribution in [0.25, 0.3) is 0 Å². The summed E-state index contributed by atoms with van der Waals surface area (Å²) in [5.74, 6) is 0.606. The SMILES string of the molecule is CC1CSC(Nc2ccc(C(N)=O)cc2)=N1. The van der Waals surface area contributed by atoms with Crippen LogP contribution in [0.5, 0.6) is 0 Å². The number of carbonyl (C=O) groups excluding carboxylic acids is 1. The molecule has 0 aromatic heterocycles. The molecule has 16 heavy (non-hydrogen) atoms. The number of thioether (sulfide) groups is 1. The molecule has 5 heteroatoms. The van der Waals surface area contributed by atoms with E-state index in [0.717, 1.165) is 16.6 Å². The van der Waals surface area contributed by atoms with Crippen molar-refractivity contribution >= 4 is 28.5 Å². The van der Waals surface area contributed by atoms with Gasteiger partial charge in [0.15, 0.2) is 5.17 Å². The van der Waals surface area contributed by atoms with Gasteiger partial charge in [0.1, 0.15) is 0 Å². The lowest BCUT2D eigenvalue weighted by atomic mass is 10.2. The molecule has 0 fully saturated rings. The van der Waals surface area contributed by atoms with Crippen LogP contribution in [-0.2, 0) is 0 Å². The van der Waals surface area contributed by atoms with Gasteiger partial charge in [0.25, 0.3) is 0 Å². The molecule has 0 bridgehead atoms. The molecule has 1 heterocycles. The van der Waals surface area contributed by atoms with Gasteiger partial charge in [0.2, 0.25) is 5.91 Å². The first-order valence-corrected chi connectivity index (χ1v) is 6.01. The average molecular weight is 235 g/mol. The zero-order valence-corrected chi connectivity index (χ0v) is 9.75. The molecule has 3 N–H and O–H groups in total. The van der Waals surface area contributed by atoms with E-state index in [4.69, 9.17) is 5.73 Å². The van der Waals surface area contributed by atoms with Crippen molar-refractivity contribution in [3.8, 4) is 0 Å². The van der Waals surface area contributed by atoms with Gasteiger partial charge in [-0.15, -0.1) is 0 Å². The standard InChI is InChI=1S/C11H13N3OS/c1-7-6-16-11(13-7)14-9-4-2-8(3-5-9)10(12)15/h2-5,7H,6H2,1H3,(H2,12,15)(H,13,14). The molecule has 1 unspecified atom stereocenters. The predicted octanol–water partition coefficient (Wildman–Crippen LogP) is 1.69. The van der Waals surface area contributed by atoms with Gasteiger partial charge in [0.05, 0.1) is 6.04 Å². The second-order valence-corrected chi connectivity index (χ2v) is 4.67. The van der Waals surface area contributed by atoms with E-state index < -0.39 is 5.91 Å². The third kappa shape index (κ3) is 2.55. The molecule has 0 aliphatic carbocycles. The van der Waals surface area contributed by atoms with Gasteiger partial charge in [-0.05, 0) is 31.2 Å². The first-order chi connectivity index (χ1) is 7.65. The molecule has 1 aromatic rings. The highest BCUT2D eigenvalue weighted by Gasteiger charge is 2.13. The molecule has 84 valence electrons. The van der Waals surface area contributed by atoms with Crippen molar-refractivity contribution in [2.75, 3.05) is 11.1 Å². The lowest BCUT2D eigenvalue weighted by Gasteiger charge is -2.04. The van der Waals surface area contributed by atoms with Crippen molar-refractivity contribution in [2.24, 2.45) is 10.7 Å². The Balaban J connectivity index is 2.05. The number of aliphatic imine (C=N–C) groups is 1. The number of hydrogen-bond acceptors (Lipinski definition) is 4. The first kappa shape index (κ1) is 11.0. The summed E-state index contributed by atoms with van der Waals surface area (Å²) in [6, 6.07) is 7.43. The van der Waals surface area contributed by atoms with Crippen molar-refractivity contribution in [1.82, 2.24) is 0 Å². The lowest BCUT2D eigenvalue weighted by molar-refractivity contribution is 0.100. The van der Waals surface area contributed by atoms with Gasteiger partial charge in [-0.3, -0.25) is 9.79 Å². The van der Waals surface area contributed by atoms with E-state index in [1.165, 1.54) is 0 Å². The highest BCUT2D eigenvalue weighted by molar-refractivity contribution is 8.14. The summed E-state index contributed by atoms with van der Waals surface area (Å²) in [6.45, 7) is 2.08. The minimum absolute atomic E-state index is 0.373. The maximum absolute atomic E-state index is 10.9. The molecule has 0 radical (unpaired) electrons. The molecule has 0 spiro atoms. The highest BCUT2D eigenvalue weighted by atomic mass is 32.2. The maximum atomic E-state index is 10.9. The number of amides is 1. The minimum atomic E-state index is -0.409. The number of anilines is 1. The van der Waals surface area contributed by atoms with Crippen molar-refractivity contribution in [3.63, 3.8) is 0 Å². The maximum Gasteiger partial charge on any atom is 0.248 e. The van der Waals surface area contributed by atoms with Gasteiger partial charge in [-0.1, -0.05) is 11.8 Å². The molecule has 1 amide bonds. The summed E-state index contributed by atoms with van der Waals surface area (Å²) in [5, 5.41) is 4.13. The van der Waals surface area contributed by atoms with Crippen molar-refractivity contribution < 1.29 is 4.79 Å². The monoisotopic (exact) mass is 235 g/mol. The van der Waals surface area contributed by atoms with E-state index in [1.54, 1.807) is 23.9 Å². The van der Waals surface area contributed by atoms with E-state index in [2.05, 4.69) is 17.2 Å². The van der Waals surface area contributed by atoms with Crippen molar-refractivity contribution in [2.45, 2.75) is 13.0 Å². The smallest absolute Gasteiger partial charge is 0.248 e. The van der Waals surface area contributed by atoms with Crippen LogP contribution >= 0.6 is 11.8 Å². The van der Waals surface area contributed by atoms with Gasteiger partial charge >= 0.3 is 0 Å². The summed E-state index contributed by atoms with van der Waals surface area (Å²) in [4.78, 5) is 15.3. The second-order valence-electron chi connectivity index (χ2n) is 3.66. The number of hydrogen-bond donors (Lipinski definition) is 2. The van der Waals surface area contributed by atoms with Crippen LogP contribution in [0.2, 0.25) is 0 Å². The molecule has 2 rings (SSSR count). The molecule has 0 saturated carbocycles. The average Bonchev–Trinajstić information content (AvgIpc) is 2.65. The Bertz CT molecular complexity index is 427. The summed E-state index contributed by atoms with van der Waals surface area (Å²) >= 11 is 1.70. The molecule has 1 aliphatic rings. The topological polar surface area (TPSA) is 67.5 Å². The van der Waals surface area contributed by atoms with Crippen LogP contribution in [-0.4, -0.2) is 22.9 Å². The molecular formula is C11H13N3OS. The summed E-state index contributed by atoms with van der Waals surface area (Å²) in [5.41, 5.74) is 6.59. The number of benzene rings is 1. The molecule has 1 atom stereocenters. The summed E-state index contributed by atoms with van der Waals surface area (Å²) in [6.07, 6.45) is 0. The van der Waals surface area contributed by atoms with Crippen molar-refractivity contribution in [1.29, 1.82) is 0 Å². The normalized spacial score (nSPS) is 19.3. The number of rotatable bonds is 2. The number of nitrogens with two attached hydrogens (primary N) is 1. The van der Waals surface area contributed by atoms with Crippen molar-refractivity contribution in [3.05, 3.63) is 29.8 Å². The Morgan fingerprint density at radius 1 is 1.50 bits per heavy atom. The van der Waals surface area contributed by atoms with E-state index in [1.807, 2.05) is 12.1 Å². The largest absolute Gasteiger partial charge is 0.366 e. The van der Waals surface area contributed by atoms with Crippen LogP contribution in [0.1, 0.15) is 17.3 Å². The number of carbonyl (C=O) groups is 1. The predicted molar refractivity (Wildman–Crippen MR) is 67.9 cm³/mol. The van der Waals surface area contributed by atoms with E-state index in [0.29, 0.717) is 11.6 Å². The Labute approximate surface area is 98.3 Å². The Kier molecular flexibility index (Phi) is 3.14. The van der Waals surface area contributed by atoms with Crippen LogP contribution in [0.15, 0.2) is 29.3 Å². The molecule has 4 nitrogen and oxygen atoms in total. The van der Waals surface area contributed by atoms with Crippen LogP contribution in [0.3, 0.4) is 0 Å². The molecule has 1 aromatic carbocycles. The number of nitrogens with one attached hydrogen (secondary N) is 1. The quantitative estimate of drug-likeness (QED) is 0.819. The van der Waals surface area contributed by atoms with E-state index >= 15 is 0 Å². The first-order valence-electron chi connectivity index (χ1n) is 5.02. The van der Waals surface area contributed by atoms with Gasteiger partial charge in [-0.2, -0.15) is 0 Å². The highest BCUT2D eigenvalue weighted by Crippen LogP contribution is 2.20. The minimum Gasteiger partial charge on any atom is -0.366 e. The number of primary amides is 1. The summed E-state index contributed by atoms with van der Waals surface area (Å²) in [7, 11) is 0. The van der Waals surface area contributed by atoms with Gasteiger partial charge < -0.3 is 11.1 Å². The third-order valence-corrected chi connectivity index (χ3v) is 3.35. The Hall–Kier alpha value is -1.49. The Morgan fingerprint density at radius 3 is 2.69 bits per heavy atom. The number of amidine groups is 1. The zero-order valence-electron chi connectivity index (χ0n) is 8.93. The third-order valence-electron chi connectivity index (χ3n) is 2.22. The number of nitrogens with zero attached hydrogens (tertiary/aromatic N) is 1. The van der Waals surface area contributed by atoms with Crippen LogP contribution in [0, 0.1) is 0 Å². The fourth-order valence-electron chi connectivity index (χ4n) is 1.38.